The Morgan fingerprint density at radius 1 is 0.524 bits per heavy atom. The fourth-order valence-electron chi connectivity index (χ4n) is 10.1. The number of nitrogens with zero attached hydrogens (tertiary/aromatic N) is 1. The van der Waals surface area contributed by atoms with Gasteiger partial charge in [-0.15, -0.1) is 0 Å². The summed E-state index contributed by atoms with van der Waals surface area (Å²) in [6, 6.07) is 11.4. The van der Waals surface area contributed by atoms with E-state index in [0.29, 0.717) is 11.7 Å². The van der Waals surface area contributed by atoms with E-state index in [4.69, 9.17) is 28.4 Å². The lowest BCUT2D eigenvalue weighted by molar-refractivity contribution is -0.342. The molecule has 17 N–H and O–H groups in total. The zero-order valence-electron chi connectivity index (χ0n) is 44.5. The minimum atomic E-state index is -1.84. The van der Waals surface area contributed by atoms with E-state index in [-0.39, 0.29) is 67.3 Å². The number of aliphatic hydroxyl groups excluding tert-OH is 14. The highest BCUT2D eigenvalue weighted by Gasteiger charge is 2.52. The second kappa shape index (κ2) is 31.0. The van der Waals surface area contributed by atoms with E-state index in [1.54, 1.807) is 0 Å². The molecule has 30 heteroatoms. The minimum absolute atomic E-state index is 0.0616. The van der Waals surface area contributed by atoms with E-state index < -0.39 is 167 Å². The fourth-order valence-corrected chi connectivity index (χ4v) is 13.2. The van der Waals surface area contributed by atoms with Crippen LogP contribution < -0.4 is 16.0 Å². The predicted molar refractivity (Wildman–Crippen MR) is 285 cm³/mol. The van der Waals surface area contributed by atoms with Crippen LogP contribution in [0.1, 0.15) is 76.2 Å². The molecule has 0 bridgehead atoms. The second-order valence-corrected chi connectivity index (χ2v) is 23.4. The zero-order chi connectivity index (χ0) is 59.4. The molecule has 0 aromatic heterocycles. The normalized spacial score (nSPS) is 35.9. The minimum Gasteiger partial charge on any atom is -0.394 e. The van der Waals surface area contributed by atoms with Gasteiger partial charge in [0, 0.05) is 54.7 Å². The van der Waals surface area contributed by atoms with Crippen LogP contribution in [0, 0.1) is 0 Å². The third-order valence-electron chi connectivity index (χ3n) is 15.0. The van der Waals surface area contributed by atoms with E-state index >= 15 is 0 Å². The molecule has 460 valence electrons. The van der Waals surface area contributed by atoms with Gasteiger partial charge in [-0.1, -0.05) is 52.3 Å². The van der Waals surface area contributed by atoms with Gasteiger partial charge in [0.05, 0.1) is 33.0 Å². The quantitative estimate of drug-likeness (QED) is 0.0325. The van der Waals surface area contributed by atoms with Crippen molar-refractivity contribution >= 4 is 45.2 Å². The molecule has 5 heterocycles. The van der Waals surface area contributed by atoms with Gasteiger partial charge in [-0.2, -0.15) is 0 Å². The highest BCUT2D eigenvalue weighted by molar-refractivity contribution is 8.77. The number of rotatable bonds is 25. The van der Waals surface area contributed by atoms with Crippen LogP contribution in [0.5, 0.6) is 0 Å². The van der Waals surface area contributed by atoms with Gasteiger partial charge in [-0.05, 0) is 54.7 Å². The molecule has 82 heavy (non-hydrogen) atoms. The molecule has 0 spiro atoms. The van der Waals surface area contributed by atoms with E-state index in [2.05, 4.69) is 16.0 Å². The SMILES string of the molecule is O=C(CCCCC1CCSS1)NCC(=O)N(CCNC(=O)c1ccc(C2O[C@H](CO)[C@@H](O[C@H]3O[C@H](CO)[C@@H](O)[C@H](O)[C@H]3O)[C@H](O)[C@H]2O)cc1)CCNC(=O)c1ccc(C2O[C@H](CO)[C@@H](O[C@H]3O[C@H](CO)[C@@H](O)[C@H](O)[C@H]3O)[C@H](O)[C@H]2O)cc1. The molecule has 0 radical (unpaired) electrons. The number of hydrogen-bond acceptors (Lipinski definition) is 26. The van der Waals surface area contributed by atoms with E-state index in [1.165, 1.54) is 53.4 Å². The van der Waals surface area contributed by atoms with Crippen molar-refractivity contribution in [3.05, 3.63) is 70.8 Å². The van der Waals surface area contributed by atoms with Crippen molar-refractivity contribution in [1.29, 1.82) is 0 Å². The monoisotopic (exact) mass is 1200 g/mol. The van der Waals surface area contributed by atoms with Gasteiger partial charge in [0.25, 0.3) is 11.8 Å². The maximum atomic E-state index is 13.6. The van der Waals surface area contributed by atoms with Crippen molar-refractivity contribution in [3.8, 4) is 0 Å². The Balaban J connectivity index is 0.922. The Morgan fingerprint density at radius 3 is 1.37 bits per heavy atom. The number of aliphatic hydroxyl groups is 14. The number of amides is 4. The first-order valence-electron chi connectivity index (χ1n) is 27.1. The third kappa shape index (κ3) is 16.2. The molecular weight excluding hydrogens is 1130 g/mol. The summed E-state index contributed by atoms with van der Waals surface area (Å²) in [6.45, 7) is -3.65. The summed E-state index contributed by atoms with van der Waals surface area (Å²) in [4.78, 5) is 54.5. The number of unbranched alkanes of at least 4 members (excludes halogenated alkanes) is 1. The average molecular weight is 1210 g/mol. The van der Waals surface area contributed by atoms with E-state index in [0.717, 1.165) is 25.0 Å². The van der Waals surface area contributed by atoms with Crippen LogP contribution in [0.2, 0.25) is 0 Å². The molecular formula is C52H76N4O24S2. The molecule has 0 aliphatic carbocycles. The molecule has 0 saturated carbocycles. The predicted octanol–water partition coefficient (Wildman–Crippen LogP) is -5.82. The summed E-state index contributed by atoms with van der Waals surface area (Å²) < 4.78 is 33.8. The van der Waals surface area contributed by atoms with Crippen molar-refractivity contribution in [2.45, 2.75) is 160 Å². The summed E-state index contributed by atoms with van der Waals surface area (Å²) in [5.74, 6) is -0.847. The Kier molecular flexibility index (Phi) is 24.9. The van der Waals surface area contributed by atoms with Crippen molar-refractivity contribution in [3.63, 3.8) is 0 Å². The van der Waals surface area contributed by atoms with Gasteiger partial charge in [0.2, 0.25) is 11.8 Å². The first-order chi connectivity index (χ1) is 39.3. The van der Waals surface area contributed by atoms with Gasteiger partial charge < -0.3 is 121 Å². The zero-order valence-corrected chi connectivity index (χ0v) is 46.1. The van der Waals surface area contributed by atoms with Gasteiger partial charge in [-0.3, -0.25) is 19.2 Å². The topological polar surface area (TPSA) is 446 Å². The summed E-state index contributed by atoms with van der Waals surface area (Å²) >= 11 is 0. The highest BCUT2D eigenvalue weighted by Crippen LogP contribution is 2.40. The Labute approximate surface area is 479 Å². The number of hydrogen-bond donors (Lipinski definition) is 17. The maximum absolute atomic E-state index is 13.6. The summed E-state index contributed by atoms with van der Waals surface area (Å²) in [5.41, 5.74) is 0.849. The molecule has 5 saturated heterocycles. The van der Waals surface area contributed by atoms with Gasteiger partial charge >= 0.3 is 0 Å². The number of nitrogens with one attached hydrogen (secondary N) is 3. The lowest BCUT2D eigenvalue weighted by Gasteiger charge is -2.46. The molecule has 2 aromatic rings. The molecule has 4 amide bonds. The Hall–Kier alpha value is -3.78. The third-order valence-corrected chi connectivity index (χ3v) is 18.0. The van der Waals surface area contributed by atoms with Gasteiger partial charge in [0.15, 0.2) is 12.6 Å². The fraction of sp³-hybridized carbons (Fsp3) is 0.692. The van der Waals surface area contributed by atoms with Crippen LogP contribution in [0.4, 0.5) is 0 Å². The van der Waals surface area contributed by atoms with Crippen LogP contribution in [0.25, 0.3) is 0 Å². The van der Waals surface area contributed by atoms with Crippen LogP contribution in [0.15, 0.2) is 48.5 Å². The lowest BCUT2D eigenvalue weighted by Crippen LogP contribution is -2.63. The highest BCUT2D eigenvalue weighted by atomic mass is 33.1. The Bertz CT molecular complexity index is 2210. The molecule has 5 aliphatic rings. The van der Waals surface area contributed by atoms with Crippen LogP contribution >= 0.6 is 21.6 Å². The lowest BCUT2D eigenvalue weighted by atomic mass is 9.90. The van der Waals surface area contributed by atoms with Gasteiger partial charge in [-0.25, -0.2) is 0 Å². The summed E-state index contributed by atoms with van der Waals surface area (Å²) in [7, 11) is 3.70. The maximum Gasteiger partial charge on any atom is 0.251 e. The number of benzene rings is 2. The van der Waals surface area contributed by atoms with Crippen LogP contribution in [-0.4, -0.2) is 280 Å². The van der Waals surface area contributed by atoms with Crippen molar-refractivity contribution in [2.24, 2.45) is 0 Å². The van der Waals surface area contributed by atoms with Crippen molar-refractivity contribution in [2.75, 3.05) is 64.9 Å². The number of carbonyl (C=O) groups is 4. The summed E-state index contributed by atoms with van der Waals surface area (Å²) in [5, 5.41) is 154. The second-order valence-electron chi connectivity index (χ2n) is 20.6. The first kappa shape index (κ1) is 65.8. The van der Waals surface area contributed by atoms with Crippen molar-refractivity contribution < 1.29 is 119 Å². The molecule has 28 nitrogen and oxygen atoms in total. The van der Waals surface area contributed by atoms with Crippen molar-refractivity contribution in [1.82, 2.24) is 20.9 Å². The number of ether oxygens (including phenoxy) is 6. The largest absolute Gasteiger partial charge is 0.394 e. The molecule has 21 atom stereocenters. The smallest absolute Gasteiger partial charge is 0.251 e. The van der Waals surface area contributed by atoms with E-state index in [1.807, 2.05) is 21.6 Å². The summed E-state index contributed by atoms with van der Waals surface area (Å²) in [6.07, 6.45) is -27.9. The first-order valence-corrected chi connectivity index (χ1v) is 29.4. The van der Waals surface area contributed by atoms with Crippen LogP contribution in [0.3, 0.4) is 0 Å². The van der Waals surface area contributed by atoms with Gasteiger partial charge in [0.1, 0.15) is 110 Å². The molecule has 2 aromatic carbocycles. The average Bonchev–Trinajstić information content (AvgIpc) is 4.06. The Morgan fingerprint density at radius 2 is 0.963 bits per heavy atom. The van der Waals surface area contributed by atoms with E-state index in [9.17, 15) is 90.7 Å². The standard InChI is InChI=1S/C52H76N4O24S2/c57-20-29-35(63)37(65)43(71)51(77-29)79-47-31(22-59)75-45(39(67)41(47)69)24-5-9-26(10-6-24)49(73)53-14-16-56(34(62)19-55-33(61)4-2-1-3-28-13-18-81-82-28)17-15-54-50(74)27-11-7-25(8-12-27)46-40(68)42(70)48(32(23-60)76-46)80-52-44(72)38(66)36(64)30(21-58)78-52/h5-12,28-32,35-48,51-52,57-60,63-72H,1-4,13-23H2,(H,53,73)(H,54,74)(H,55,61)/t28?,29-,30-,31-,32-,35-,36-,37+,38+,39-,40-,41-,42-,43-,44-,45?,46?,47-,48-,51-,52-/m1/s1. The molecule has 5 fully saturated rings. The molecule has 7 rings (SSSR count). The molecule has 3 unspecified atom stereocenters. The number of carbonyl (C=O) groups excluding carboxylic acids is 4. The van der Waals surface area contributed by atoms with Crippen LogP contribution in [-0.2, 0) is 38.0 Å². The molecule has 5 aliphatic heterocycles.